The van der Waals surface area contributed by atoms with Crippen LogP contribution in [0.3, 0.4) is 0 Å². The predicted molar refractivity (Wildman–Crippen MR) is 91.9 cm³/mol. The van der Waals surface area contributed by atoms with E-state index >= 15 is 0 Å². The quantitative estimate of drug-likeness (QED) is 0.872. The number of hydrogen-bond donors (Lipinski definition) is 1. The lowest BCUT2D eigenvalue weighted by atomic mass is 9.80. The van der Waals surface area contributed by atoms with Crippen LogP contribution in [-0.2, 0) is 0 Å². The summed E-state index contributed by atoms with van der Waals surface area (Å²) >= 11 is 1.93. The Balaban J connectivity index is 1.62. The van der Waals surface area contributed by atoms with Crippen LogP contribution < -0.4 is 5.32 Å². The Hall–Kier alpha value is -0.380. The SMILES string of the molecule is CN1CCC(C)(CNC(c2cccs2)C2CCCC2)CC1. The van der Waals surface area contributed by atoms with Gasteiger partial charge in [0.15, 0.2) is 0 Å². The van der Waals surface area contributed by atoms with Crippen molar-refractivity contribution >= 4 is 11.3 Å². The van der Waals surface area contributed by atoms with Crippen molar-refractivity contribution in [3.05, 3.63) is 22.4 Å². The summed E-state index contributed by atoms with van der Waals surface area (Å²) in [5.41, 5.74) is 0.487. The van der Waals surface area contributed by atoms with Crippen molar-refractivity contribution < 1.29 is 0 Å². The highest BCUT2D eigenvalue weighted by atomic mass is 32.1. The summed E-state index contributed by atoms with van der Waals surface area (Å²) in [5, 5.41) is 6.21. The zero-order valence-corrected chi connectivity index (χ0v) is 14.4. The molecule has 1 saturated heterocycles. The Bertz CT molecular complexity index is 414. The molecule has 3 rings (SSSR count). The lowest BCUT2D eigenvalue weighted by molar-refractivity contribution is 0.129. The summed E-state index contributed by atoms with van der Waals surface area (Å²) in [6, 6.07) is 5.14. The molecule has 1 aliphatic carbocycles. The monoisotopic (exact) mass is 306 g/mol. The Kier molecular flexibility index (Phi) is 5.03. The summed E-state index contributed by atoms with van der Waals surface area (Å²) in [6.45, 7) is 6.17. The van der Waals surface area contributed by atoms with E-state index in [1.54, 1.807) is 4.88 Å². The van der Waals surface area contributed by atoms with E-state index in [0.29, 0.717) is 11.5 Å². The van der Waals surface area contributed by atoms with E-state index in [9.17, 15) is 0 Å². The molecule has 1 saturated carbocycles. The molecule has 0 amide bonds. The van der Waals surface area contributed by atoms with E-state index in [1.807, 2.05) is 11.3 Å². The van der Waals surface area contributed by atoms with Crippen LogP contribution in [0.5, 0.6) is 0 Å². The number of nitrogens with zero attached hydrogens (tertiary/aromatic N) is 1. The van der Waals surface area contributed by atoms with E-state index in [-0.39, 0.29) is 0 Å². The van der Waals surface area contributed by atoms with Crippen LogP contribution in [0.2, 0.25) is 0 Å². The average molecular weight is 307 g/mol. The number of nitrogens with one attached hydrogen (secondary N) is 1. The molecule has 1 N–H and O–H groups in total. The second kappa shape index (κ2) is 6.80. The minimum absolute atomic E-state index is 0.487. The molecule has 118 valence electrons. The fraction of sp³-hybridized carbons (Fsp3) is 0.778. The molecule has 1 aromatic heterocycles. The first-order valence-electron chi connectivity index (χ1n) is 8.62. The van der Waals surface area contributed by atoms with Crippen LogP contribution in [0.25, 0.3) is 0 Å². The predicted octanol–water partition coefficient (Wildman–Crippen LogP) is 4.30. The zero-order valence-electron chi connectivity index (χ0n) is 13.6. The molecule has 1 unspecified atom stereocenters. The normalized spacial score (nSPS) is 25.2. The molecule has 1 atom stereocenters. The Morgan fingerprint density at radius 1 is 1.33 bits per heavy atom. The molecule has 21 heavy (non-hydrogen) atoms. The average Bonchev–Trinajstić information content (AvgIpc) is 3.16. The topological polar surface area (TPSA) is 15.3 Å². The van der Waals surface area contributed by atoms with Crippen molar-refractivity contribution in [2.75, 3.05) is 26.7 Å². The second-order valence-corrected chi connectivity index (χ2v) is 8.51. The van der Waals surface area contributed by atoms with Gasteiger partial charge in [0, 0.05) is 17.5 Å². The van der Waals surface area contributed by atoms with E-state index in [0.717, 1.165) is 5.92 Å². The molecule has 2 fully saturated rings. The van der Waals surface area contributed by atoms with Crippen molar-refractivity contribution in [3.8, 4) is 0 Å². The van der Waals surface area contributed by atoms with Gasteiger partial charge in [-0.1, -0.05) is 25.8 Å². The third-order valence-corrected chi connectivity index (χ3v) is 6.62. The van der Waals surface area contributed by atoms with E-state index < -0.39 is 0 Å². The highest BCUT2D eigenvalue weighted by molar-refractivity contribution is 7.10. The van der Waals surface area contributed by atoms with Crippen molar-refractivity contribution in [3.63, 3.8) is 0 Å². The van der Waals surface area contributed by atoms with Crippen LogP contribution in [0.4, 0.5) is 0 Å². The Labute approximate surface area is 133 Å². The second-order valence-electron chi connectivity index (χ2n) is 7.53. The van der Waals surface area contributed by atoms with Crippen molar-refractivity contribution in [1.29, 1.82) is 0 Å². The first kappa shape index (κ1) is 15.5. The van der Waals surface area contributed by atoms with Gasteiger partial charge in [-0.25, -0.2) is 0 Å². The molecule has 1 aliphatic heterocycles. The number of likely N-dealkylation sites (tertiary alicyclic amines) is 1. The van der Waals surface area contributed by atoms with Crippen molar-refractivity contribution in [1.82, 2.24) is 10.2 Å². The molecule has 0 bridgehead atoms. The summed E-state index contributed by atoms with van der Waals surface area (Å²) in [5.74, 6) is 0.860. The maximum atomic E-state index is 3.98. The van der Waals surface area contributed by atoms with E-state index in [2.05, 4.69) is 41.7 Å². The number of piperidine rings is 1. The number of thiophene rings is 1. The van der Waals surface area contributed by atoms with Crippen LogP contribution in [0.15, 0.2) is 17.5 Å². The van der Waals surface area contributed by atoms with Gasteiger partial charge in [-0.3, -0.25) is 0 Å². The van der Waals surface area contributed by atoms with Crippen LogP contribution in [0.1, 0.15) is 56.4 Å². The lowest BCUT2D eigenvalue weighted by Crippen LogP contribution is -2.43. The van der Waals surface area contributed by atoms with Gasteiger partial charge >= 0.3 is 0 Å². The third-order valence-electron chi connectivity index (χ3n) is 5.66. The largest absolute Gasteiger partial charge is 0.308 e. The minimum atomic E-state index is 0.487. The zero-order chi connectivity index (χ0) is 14.7. The van der Waals surface area contributed by atoms with Gasteiger partial charge in [0.2, 0.25) is 0 Å². The number of hydrogen-bond acceptors (Lipinski definition) is 3. The standard InChI is InChI=1S/C18H30N2S/c1-18(9-11-20(2)12-10-18)14-19-17(15-6-3-4-7-15)16-8-5-13-21-16/h5,8,13,15,17,19H,3-4,6-7,9-12,14H2,1-2H3. The first-order valence-corrected chi connectivity index (χ1v) is 9.50. The third kappa shape index (κ3) is 3.88. The van der Waals surface area contributed by atoms with Gasteiger partial charge in [0.05, 0.1) is 0 Å². The smallest absolute Gasteiger partial charge is 0.0443 e. The van der Waals surface area contributed by atoms with Gasteiger partial charge in [-0.2, -0.15) is 0 Å². The van der Waals surface area contributed by atoms with Crippen LogP contribution >= 0.6 is 11.3 Å². The van der Waals surface area contributed by atoms with Crippen molar-refractivity contribution in [2.45, 2.75) is 51.5 Å². The van der Waals surface area contributed by atoms with Gasteiger partial charge in [0.25, 0.3) is 0 Å². The molecular weight excluding hydrogens is 276 g/mol. The van der Waals surface area contributed by atoms with Gasteiger partial charge in [-0.15, -0.1) is 11.3 Å². The summed E-state index contributed by atoms with van der Waals surface area (Å²) in [4.78, 5) is 4.02. The lowest BCUT2D eigenvalue weighted by Gasteiger charge is -2.39. The summed E-state index contributed by atoms with van der Waals surface area (Å²) < 4.78 is 0. The minimum Gasteiger partial charge on any atom is -0.308 e. The van der Waals surface area contributed by atoms with E-state index in [1.165, 1.54) is 58.2 Å². The summed E-state index contributed by atoms with van der Waals surface area (Å²) in [7, 11) is 2.25. The molecule has 2 heterocycles. The molecule has 2 aliphatic rings. The molecule has 0 aromatic carbocycles. The van der Waals surface area contributed by atoms with Crippen molar-refractivity contribution in [2.24, 2.45) is 11.3 Å². The van der Waals surface area contributed by atoms with Crippen LogP contribution in [0, 0.1) is 11.3 Å². The molecular formula is C18H30N2S. The molecule has 0 radical (unpaired) electrons. The number of rotatable bonds is 5. The van der Waals surface area contributed by atoms with Crippen LogP contribution in [-0.4, -0.2) is 31.6 Å². The van der Waals surface area contributed by atoms with Gasteiger partial charge < -0.3 is 10.2 Å². The molecule has 2 nitrogen and oxygen atoms in total. The maximum absolute atomic E-state index is 3.98. The Morgan fingerprint density at radius 2 is 2.05 bits per heavy atom. The highest BCUT2D eigenvalue weighted by Gasteiger charge is 2.32. The Morgan fingerprint density at radius 3 is 2.67 bits per heavy atom. The molecule has 1 aromatic rings. The first-order chi connectivity index (χ1) is 10.2. The fourth-order valence-electron chi connectivity index (χ4n) is 3.95. The van der Waals surface area contributed by atoms with E-state index in [4.69, 9.17) is 0 Å². The maximum Gasteiger partial charge on any atom is 0.0443 e. The van der Waals surface area contributed by atoms with Gasteiger partial charge in [0.1, 0.15) is 0 Å². The van der Waals surface area contributed by atoms with Gasteiger partial charge in [-0.05, 0) is 68.6 Å². The highest BCUT2D eigenvalue weighted by Crippen LogP contribution is 2.38. The molecule has 3 heteroatoms. The molecule has 0 spiro atoms. The summed E-state index contributed by atoms with van der Waals surface area (Å²) in [6.07, 6.45) is 8.34. The fourth-order valence-corrected chi connectivity index (χ4v) is 4.84.